The summed E-state index contributed by atoms with van der Waals surface area (Å²) in [6.07, 6.45) is 0. The number of hydrogen-bond acceptors (Lipinski definition) is 7. The van der Waals surface area contributed by atoms with Gasteiger partial charge in [-0.3, -0.25) is 0 Å². The first-order valence-electron chi connectivity index (χ1n) is 16.8. The molecule has 10 radical (unpaired) electrons. The quantitative estimate of drug-likeness (QED) is 0.266. The van der Waals surface area contributed by atoms with Gasteiger partial charge in [0.2, 0.25) is 0 Å². The molecule has 5 aromatic carbocycles. The molecule has 0 unspecified atom stereocenters. The first-order chi connectivity index (χ1) is 24.8. The van der Waals surface area contributed by atoms with Gasteiger partial charge in [0, 0.05) is 47.6 Å². The fourth-order valence-electron chi connectivity index (χ4n) is 6.81. The van der Waals surface area contributed by atoms with E-state index in [9.17, 15) is 0 Å². The summed E-state index contributed by atoms with van der Waals surface area (Å²) in [4.78, 5) is 14.9. The lowest BCUT2D eigenvalue weighted by Gasteiger charge is -2.32. The molecule has 1 saturated heterocycles. The van der Waals surface area contributed by atoms with E-state index in [-0.39, 0.29) is 38.7 Å². The standard InChI is InChI=1S/C39H25B6N3O3S/c1-38(2)39(3,4)51-45(50-38)19-13-15-25-24(17-19)20-14-12-18(16-26(20)49-25)35-46-36(23-10-7-9-22-21-8-5-6-11-27(21)52-34(22)23)48-37(47-35)28-29(40)31(42)33(44)32(43)30(28)41/h5-17H,1-4H3. The second kappa shape index (κ2) is 11.7. The van der Waals surface area contributed by atoms with Crippen LogP contribution in [0.2, 0.25) is 0 Å². The largest absolute Gasteiger partial charge is 0.494 e. The van der Waals surface area contributed by atoms with Crippen molar-refractivity contribution in [1.82, 2.24) is 15.0 Å². The van der Waals surface area contributed by atoms with E-state index in [1.165, 1.54) is 0 Å². The monoisotopic (exact) mass is 681 g/mol. The number of aromatic nitrogens is 3. The zero-order valence-electron chi connectivity index (χ0n) is 28.9. The van der Waals surface area contributed by atoms with Gasteiger partial charge in [-0.15, -0.1) is 27.7 Å². The molecule has 0 saturated carbocycles. The molecule has 0 N–H and O–H groups in total. The van der Waals surface area contributed by atoms with Gasteiger partial charge in [-0.25, -0.2) is 15.0 Å². The molecule has 3 aromatic heterocycles. The third-order valence-electron chi connectivity index (χ3n) is 10.5. The second-order valence-electron chi connectivity index (χ2n) is 14.2. The van der Waals surface area contributed by atoms with Crippen molar-refractivity contribution in [1.29, 1.82) is 0 Å². The Morgan fingerprint density at radius 3 is 1.98 bits per heavy atom. The van der Waals surface area contributed by atoms with Crippen LogP contribution in [0.5, 0.6) is 0 Å². The Balaban J connectivity index is 1.22. The van der Waals surface area contributed by atoms with Crippen LogP contribution in [0.15, 0.2) is 83.3 Å². The van der Waals surface area contributed by atoms with E-state index in [1.807, 2.05) is 82.3 Å². The van der Waals surface area contributed by atoms with E-state index in [4.69, 9.17) is 67.9 Å². The van der Waals surface area contributed by atoms with Gasteiger partial charge in [0.25, 0.3) is 0 Å². The highest BCUT2D eigenvalue weighted by molar-refractivity contribution is 7.26. The topological polar surface area (TPSA) is 70.3 Å². The van der Waals surface area contributed by atoms with Gasteiger partial charge in [0.1, 0.15) is 50.4 Å². The summed E-state index contributed by atoms with van der Waals surface area (Å²) in [6, 6.07) is 26.3. The normalized spacial score (nSPS) is 15.4. The van der Waals surface area contributed by atoms with Crippen LogP contribution in [0, 0.1) is 0 Å². The third-order valence-corrected chi connectivity index (χ3v) is 11.7. The van der Waals surface area contributed by atoms with E-state index < -0.39 is 18.3 Å². The van der Waals surface area contributed by atoms with Crippen molar-refractivity contribution in [2.75, 3.05) is 0 Å². The minimum absolute atomic E-state index is 0.111. The van der Waals surface area contributed by atoms with Crippen molar-refractivity contribution < 1.29 is 13.7 Å². The summed E-state index contributed by atoms with van der Waals surface area (Å²) in [5.41, 5.74) is 3.82. The van der Waals surface area contributed by atoms with Gasteiger partial charge in [-0.1, -0.05) is 59.5 Å². The molecule has 9 rings (SSSR count). The van der Waals surface area contributed by atoms with Crippen molar-refractivity contribution in [3.05, 3.63) is 78.9 Å². The summed E-state index contributed by atoms with van der Waals surface area (Å²) in [5.74, 6) is 1.02. The molecule has 6 nitrogen and oxygen atoms in total. The van der Waals surface area contributed by atoms with Crippen LogP contribution in [-0.2, 0) is 9.31 Å². The summed E-state index contributed by atoms with van der Waals surface area (Å²) in [6.45, 7) is 8.17. The lowest BCUT2D eigenvalue weighted by molar-refractivity contribution is 0.00578. The molecule has 0 amide bonds. The molecular weight excluding hydrogens is 655 g/mol. The second-order valence-corrected chi connectivity index (χ2v) is 15.2. The van der Waals surface area contributed by atoms with E-state index in [2.05, 4.69) is 24.3 Å². The van der Waals surface area contributed by atoms with Gasteiger partial charge in [-0.05, 0) is 63.5 Å². The summed E-state index contributed by atoms with van der Waals surface area (Å²) in [5, 5.41) is 4.12. The molecule has 0 spiro atoms. The van der Waals surface area contributed by atoms with Crippen molar-refractivity contribution in [3.63, 3.8) is 0 Å². The Morgan fingerprint density at radius 2 is 1.23 bits per heavy atom. The van der Waals surface area contributed by atoms with Gasteiger partial charge in [0.15, 0.2) is 17.5 Å². The molecular formula is C39H25B6N3O3S. The molecule has 0 bridgehead atoms. The molecule has 52 heavy (non-hydrogen) atoms. The van der Waals surface area contributed by atoms with Gasteiger partial charge in [0.05, 0.1) is 11.2 Å². The average molecular weight is 681 g/mol. The summed E-state index contributed by atoms with van der Waals surface area (Å²) < 4.78 is 21.2. The Kier molecular flexibility index (Phi) is 7.50. The lowest BCUT2D eigenvalue weighted by Crippen LogP contribution is -2.55. The number of fused-ring (bicyclic) bond motifs is 6. The molecule has 8 aromatic rings. The van der Waals surface area contributed by atoms with Crippen molar-refractivity contribution in [3.8, 4) is 34.2 Å². The van der Waals surface area contributed by atoms with Gasteiger partial charge >= 0.3 is 7.12 Å². The Hall–Kier alpha value is -4.56. The number of hydrogen-bond donors (Lipinski definition) is 0. The van der Waals surface area contributed by atoms with Gasteiger partial charge < -0.3 is 13.7 Å². The highest BCUT2D eigenvalue weighted by Gasteiger charge is 2.51. The highest BCUT2D eigenvalue weighted by atomic mass is 32.1. The SMILES string of the molecule is [B]c1c([B])c([B])c(-c2nc(-c3ccc4c(c3)oc3ccc(B5OC(C)(C)C(C)(C)O5)cc34)nc(-c3cccc4c3sc3ccccc34)n2)c([B])c1[B]. The number of nitrogens with zero attached hydrogens (tertiary/aromatic N) is 3. The van der Waals surface area contributed by atoms with Crippen LogP contribution >= 0.6 is 11.3 Å². The minimum atomic E-state index is -0.498. The molecule has 13 heteroatoms. The van der Waals surface area contributed by atoms with Gasteiger partial charge in [-0.2, -0.15) is 0 Å². The van der Waals surface area contributed by atoms with Crippen molar-refractivity contribution in [2.24, 2.45) is 0 Å². The number of benzene rings is 5. The first-order valence-corrected chi connectivity index (χ1v) is 17.6. The average Bonchev–Trinajstić information content (AvgIpc) is 3.77. The number of furan rings is 1. The van der Waals surface area contributed by atoms with Crippen LogP contribution in [0.25, 0.3) is 76.3 Å². The van der Waals surface area contributed by atoms with Crippen LogP contribution in [0.3, 0.4) is 0 Å². The maximum Gasteiger partial charge on any atom is 0.494 e. The van der Waals surface area contributed by atoms with Crippen LogP contribution < -0.4 is 32.8 Å². The van der Waals surface area contributed by atoms with Crippen LogP contribution in [0.4, 0.5) is 0 Å². The molecule has 1 aliphatic heterocycles. The minimum Gasteiger partial charge on any atom is -0.456 e. The van der Waals surface area contributed by atoms with Crippen LogP contribution in [-0.4, -0.2) is 72.5 Å². The molecule has 1 aliphatic rings. The molecule has 0 atom stereocenters. The van der Waals surface area contributed by atoms with E-state index in [1.54, 1.807) is 11.3 Å². The predicted octanol–water partition coefficient (Wildman–Crippen LogP) is 3.41. The summed E-state index contributed by atoms with van der Waals surface area (Å²) in [7, 11) is 31.3. The van der Waals surface area contributed by atoms with E-state index in [0.29, 0.717) is 22.8 Å². The fourth-order valence-corrected chi connectivity index (χ4v) is 8.02. The number of thiophene rings is 1. The smallest absolute Gasteiger partial charge is 0.456 e. The zero-order chi connectivity index (χ0) is 36.3. The highest BCUT2D eigenvalue weighted by Crippen LogP contribution is 2.40. The summed E-state index contributed by atoms with van der Waals surface area (Å²) >= 11 is 1.67. The first kappa shape index (κ1) is 33.3. The van der Waals surface area contributed by atoms with E-state index >= 15 is 0 Å². The number of rotatable bonds is 4. The Bertz CT molecular complexity index is 2750. The molecule has 4 heterocycles. The van der Waals surface area contributed by atoms with Crippen molar-refractivity contribution in [2.45, 2.75) is 38.9 Å². The third kappa shape index (κ3) is 5.04. The maximum absolute atomic E-state index is 6.54. The molecule has 0 aliphatic carbocycles. The maximum atomic E-state index is 6.54. The predicted molar refractivity (Wildman–Crippen MR) is 219 cm³/mol. The zero-order valence-corrected chi connectivity index (χ0v) is 29.8. The van der Waals surface area contributed by atoms with E-state index in [0.717, 1.165) is 47.6 Å². The molecule has 1 fully saturated rings. The Labute approximate surface area is 311 Å². The Morgan fingerprint density at radius 1 is 0.577 bits per heavy atom. The van der Waals surface area contributed by atoms with Crippen molar-refractivity contribution >= 4 is 133 Å². The lowest BCUT2D eigenvalue weighted by atomic mass is 9.60. The van der Waals surface area contributed by atoms with Crippen LogP contribution in [0.1, 0.15) is 27.7 Å². The molecule has 238 valence electrons. The fraction of sp³-hybridized carbons (Fsp3) is 0.154.